The SMILES string of the molecule is CCCOC1=NC2=C(CC(Br)=S2C=N)CN1CCC. The molecule has 1 N–H and O–H groups in total. The second-order valence-electron chi connectivity index (χ2n) is 4.56. The fraction of sp³-hybridized carbons (Fsp3) is 0.615. The molecule has 0 fully saturated rings. The molecule has 6 heteroatoms. The van der Waals surface area contributed by atoms with Crippen LogP contribution in [0.2, 0.25) is 0 Å². The fourth-order valence-electron chi connectivity index (χ4n) is 2.17. The van der Waals surface area contributed by atoms with Crippen LogP contribution in [0.4, 0.5) is 0 Å². The van der Waals surface area contributed by atoms with E-state index in [2.05, 4.69) is 34.7 Å². The molecule has 0 aliphatic carbocycles. The third-order valence-electron chi connectivity index (χ3n) is 3.00. The summed E-state index contributed by atoms with van der Waals surface area (Å²) in [4.78, 5) is 6.91. The van der Waals surface area contributed by atoms with E-state index in [4.69, 9.17) is 15.1 Å². The number of hydrogen-bond donors (Lipinski definition) is 1. The van der Waals surface area contributed by atoms with Gasteiger partial charge in [-0.25, -0.2) is 0 Å². The quantitative estimate of drug-likeness (QED) is 0.358. The van der Waals surface area contributed by atoms with Gasteiger partial charge in [-0.05, 0) is 34.3 Å². The van der Waals surface area contributed by atoms with Gasteiger partial charge >= 0.3 is 0 Å². The van der Waals surface area contributed by atoms with Crippen LogP contribution in [0.1, 0.15) is 33.1 Å². The number of nitrogens with zero attached hydrogens (tertiary/aromatic N) is 2. The largest absolute Gasteiger partial charge is 0.465 e. The molecule has 0 bridgehead atoms. The minimum absolute atomic E-state index is 0.280. The van der Waals surface area contributed by atoms with E-state index in [9.17, 15) is 0 Å². The fourth-order valence-corrected chi connectivity index (χ4v) is 4.65. The minimum Gasteiger partial charge on any atom is -0.465 e. The Hall–Kier alpha value is -0.620. The lowest BCUT2D eigenvalue weighted by molar-refractivity contribution is 0.232. The van der Waals surface area contributed by atoms with Crippen LogP contribution in [0.3, 0.4) is 0 Å². The Morgan fingerprint density at radius 2 is 2.26 bits per heavy atom. The molecule has 0 saturated heterocycles. The number of nitrogens with one attached hydrogen (secondary N) is 1. The summed E-state index contributed by atoms with van der Waals surface area (Å²) in [7, 11) is -0.280. The van der Waals surface area contributed by atoms with Crippen molar-refractivity contribution in [2.45, 2.75) is 33.1 Å². The summed E-state index contributed by atoms with van der Waals surface area (Å²) < 4.78 is 6.95. The molecule has 0 radical (unpaired) electrons. The maximum absolute atomic E-state index is 7.57. The zero-order valence-electron chi connectivity index (χ0n) is 11.4. The first-order chi connectivity index (χ1) is 9.21. The topological polar surface area (TPSA) is 48.7 Å². The Kier molecular flexibility index (Phi) is 5.21. The second kappa shape index (κ2) is 6.70. The van der Waals surface area contributed by atoms with Crippen LogP contribution in [0, 0.1) is 5.41 Å². The highest BCUT2D eigenvalue weighted by Gasteiger charge is 2.29. The van der Waals surface area contributed by atoms with Crippen molar-refractivity contribution in [3.05, 3.63) is 10.6 Å². The van der Waals surface area contributed by atoms with Crippen LogP contribution in [-0.2, 0) is 4.74 Å². The molecule has 0 aromatic heterocycles. The minimum atomic E-state index is -0.280. The Labute approximate surface area is 125 Å². The van der Waals surface area contributed by atoms with E-state index in [1.807, 2.05) is 0 Å². The van der Waals surface area contributed by atoms with Gasteiger partial charge in [0.1, 0.15) is 5.03 Å². The van der Waals surface area contributed by atoms with Gasteiger partial charge in [0.05, 0.1) is 12.2 Å². The van der Waals surface area contributed by atoms with Gasteiger partial charge in [-0.1, -0.05) is 24.3 Å². The van der Waals surface area contributed by atoms with E-state index in [-0.39, 0.29) is 10.5 Å². The normalized spacial score (nSPS) is 22.5. The molecule has 0 aromatic carbocycles. The van der Waals surface area contributed by atoms with Gasteiger partial charge in [0.2, 0.25) is 0 Å². The number of amidine groups is 1. The molecule has 2 rings (SSSR count). The zero-order valence-corrected chi connectivity index (χ0v) is 13.8. The van der Waals surface area contributed by atoms with Gasteiger partial charge < -0.3 is 15.0 Å². The van der Waals surface area contributed by atoms with Gasteiger partial charge in [-0.2, -0.15) is 4.99 Å². The standard InChI is InChI=1S/C13H20BrN3OS/c1-3-5-17-8-10-7-11(14)19(9-15)12(10)16-13(17)18-6-4-2/h9,15H,3-8H2,1-2H3. The average molecular weight is 346 g/mol. The summed E-state index contributed by atoms with van der Waals surface area (Å²) in [6.45, 7) is 6.82. The lowest BCUT2D eigenvalue weighted by Gasteiger charge is -2.29. The lowest BCUT2D eigenvalue weighted by atomic mass is 10.2. The van der Waals surface area contributed by atoms with Crippen molar-refractivity contribution in [1.29, 1.82) is 5.41 Å². The van der Waals surface area contributed by atoms with Crippen LogP contribution in [0.15, 0.2) is 15.6 Å². The van der Waals surface area contributed by atoms with E-state index >= 15 is 0 Å². The van der Waals surface area contributed by atoms with E-state index in [1.54, 1.807) is 0 Å². The van der Waals surface area contributed by atoms with Gasteiger partial charge in [0, 0.05) is 23.3 Å². The maximum atomic E-state index is 7.57. The zero-order chi connectivity index (χ0) is 13.8. The van der Waals surface area contributed by atoms with Crippen molar-refractivity contribution >= 4 is 41.8 Å². The number of halogens is 1. The summed E-state index contributed by atoms with van der Waals surface area (Å²) in [5, 5.41) is 8.61. The van der Waals surface area contributed by atoms with Crippen molar-refractivity contribution in [2.24, 2.45) is 4.99 Å². The van der Waals surface area contributed by atoms with Crippen LogP contribution < -0.4 is 0 Å². The van der Waals surface area contributed by atoms with Crippen molar-refractivity contribution in [1.82, 2.24) is 4.90 Å². The van der Waals surface area contributed by atoms with Crippen LogP contribution in [-0.4, -0.2) is 39.9 Å². The van der Waals surface area contributed by atoms with Crippen molar-refractivity contribution in [2.75, 3.05) is 19.7 Å². The summed E-state index contributed by atoms with van der Waals surface area (Å²) >= 11 is 3.59. The highest BCUT2D eigenvalue weighted by atomic mass is 79.9. The second-order valence-corrected chi connectivity index (χ2v) is 7.83. The van der Waals surface area contributed by atoms with Gasteiger partial charge in [-0.3, -0.25) is 0 Å². The van der Waals surface area contributed by atoms with Gasteiger partial charge in [0.25, 0.3) is 6.02 Å². The monoisotopic (exact) mass is 345 g/mol. The molecule has 2 heterocycles. The Morgan fingerprint density at radius 3 is 2.89 bits per heavy atom. The molecule has 2 aliphatic rings. The number of rotatable bonds is 5. The number of hydrogen-bond acceptors (Lipinski definition) is 4. The van der Waals surface area contributed by atoms with Gasteiger partial charge in [-0.15, -0.1) is 0 Å². The van der Waals surface area contributed by atoms with E-state index in [0.717, 1.165) is 43.4 Å². The van der Waals surface area contributed by atoms with Crippen LogP contribution in [0.25, 0.3) is 0 Å². The number of aliphatic imine (C=N–C) groups is 1. The molecule has 106 valence electrons. The van der Waals surface area contributed by atoms with Gasteiger partial charge in [0.15, 0.2) is 0 Å². The predicted octanol–water partition coefficient (Wildman–Crippen LogP) is 3.51. The molecule has 19 heavy (non-hydrogen) atoms. The Bertz CT molecular complexity index is 471. The lowest BCUT2D eigenvalue weighted by Crippen LogP contribution is -2.37. The van der Waals surface area contributed by atoms with Crippen LogP contribution in [0.5, 0.6) is 0 Å². The predicted molar refractivity (Wildman–Crippen MR) is 87.5 cm³/mol. The smallest absolute Gasteiger partial charge is 0.293 e. The van der Waals surface area contributed by atoms with E-state index < -0.39 is 0 Å². The van der Waals surface area contributed by atoms with Crippen molar-refractivity contribution < 1.29 is 4.74 Å². The molecule has 0 spiro atoms. The molecule has 1 atom stereocenters. The Balaban J connectivity index is 2.25. The third-order valence-corrected chi connectivity index (χ3v) is 5.98. The third kappa shape index (κ3) is 3.11. The first-order valence-electron chi connectivity index (χ1n) is 6.64. The molecular formula is C13H20BrN3OS. The molecule has 0 amide bonds. The van der Waals surface area contributed by atoms with Crippen molar-refractivity contribution in [3.63, 3.8) is 0 Å². The average Bonchev–Trinajstić information content (AvgIpc) is 2.70. The molecule has 4 nitrogen and oxygen atoms in total. The molecule has 1 unspecified atom stereocenters. The van der Waals surface area contributed by atoms with Crippen LogP contribution >= 0.6 is 26.4 Å². The maximum Gasteiger partial charge on any atom is 0.293 e. The Morgan fingerprint density at radius 1 is 1.47 bits per heavy atom. The molecule has 0 aromatic rings. The summed E-state index contributed by atoms with van der Waals surface area (Å²) in [6, 6.07) is 0.740. The van der Waals surface area contributed by atoms with Crippen molar-refractivity contribution in [3.8, 4) is 0 Å². The first kappa shape index (κ1) is 14.8. The highest BCUT2D eigenvalue weighted by Crippen LogP contribution is 2.41. The van der Waals surface area contributed by atoms with E-state index in [1.165, 1.54) is 14.9 Å². The summed E-state index contributed by atoms with van der Waals surface area (Å²) in [6.07, 6.45) is 2.98. The number of ether oxygens (including phenoxy) is 1. The summed E-state index contributed by atoms with van der Waals surface area (Å²) in [5.41, 5.74) is 2.82. The molecule has 2 aliphatic heterocycles. The summed E-state index contributed by atoms with van der Waals surface area (Å²) in [5.74, 6) is 0. The highest BCUT2D eigenvalue weighted by molar-refractivity contribution is 9.20. The molecule has 0 saturated carbocycles. The first-order valence-corrected chi connectivity index (χ1v) is 8.72. The van der Waals surface area contributed by atoms with E-state index in [0.29, 0.717) is 6.61 Å². The molecular weight excluding hydrogens is 326 g/mol.